The van der Waals surface area contributed by atoms with Gasteiger partial charge in [0.2, 0.25) is 0 Å². The van der Waals surface area contributed by atoms with E-state index in [0.29, 0.717) is 29.9 Å². The first-order valence-corrected chi connectivity index (χ1v) is 9.94. The molecule has 0 saturated heterocycles. The third-order valence-corrected chi connectivity index (χ3v) is 5.90. The molecule has 26 heavy (non-hydrogen) atoms. The molecule has 2 aliphatic carbocycles. The first-order valence-electron chi connectivity index (χ1n) is 9.94. The van der Waals surface area contributed by atoms with Crippen molar-refractivity contribution in [3.8, 4) is 0 Å². The number of H-pyrrole nitrogens is 1. The first kappa shape index (κ1) is 23.2. The van der Waals surface area contributed by atoms with Crippen LogP contribution in [-0.2, 0) is 23.6 Å². The van der Waals surface area contributed by atoms with E-state index in [9.17, 15) is 9.59 Å². The number of hydrogen-bond donors (Lipinski definition) is 2. The van der Waals surface area contributed by atoms with Crippen molar-refractivity contribution in [2.45, 2.75) is 78.2 Å². The predicted octanol–water partition coefficient (Wildman–Crippen LogP) is 3.23. The van der Waals surface area contributed by atoms with E-state index in [0.717, 1.165) is 12.8 Å². The molecule has 0 aromatic carbocycles. The Bertz CT molecular complexity index is 629. The van der Waals surface area contributed by atoms with Crippen LogP contribution in [0, 0.1) is 24.7 Å². The number of aromatic nitrogens is 2. The normalized spacial score (nSPS) is 23.0. The molecule has 150 valence electrons. The summed E-state index contributed by atoms with van der Waals surface area (Å²) < 4.78 is 1.63. The van der Waals surface area contributed by atoms with Crippen molar-refractivity contribution in [1.29, 1.82) is 0 Å². The number of rotatable bonds is 5. The Morgan fingerprint density at radius 1 is 1.15 bits per heavy atom. The summed E-state index contributed by atoms with van der Waals surface area (Å²) in [5.74, 6) is 1.49. The van der Waals surface area contributed by atoms with Gasteiger partial charge in [-0.2, -0.15) is 0 Å². The van der Waals surface area contributed by atoms with Crippen LogP contribution in [0.5, 0.6) is 0 Å². The summed E-state index contributed by atoms with van der Waals surface area (Å²) in [4.78, 5) is 25.6. The fourth-order valence-corrected chi connectivity index (χ4v) is 4.35. The van der Waals surface area contributed by atoms with E-state index in [4.69, 9.17) is 5.11 Å². The second-order valence-electron chi connectivity index (χ2n) is 7.84. The average Bonchev–Trinajstić information content (AvgIpc) is 3.27. The molecule has 0 radical (unpaired) electrons. The zero-order valence-corrected chi connectivity index (χ0v) is 17.3. The Hall–Kier alpha value is -0.841. The molecule has 1 aromatic heterocycles. The zero-order valence-electron chi connectivity index (χ0n) is 16.2. The standard InChI is InChI=1S/C15H24N2O3.C5H10.Fe/c1-10(6-7-18)13-5-3-4-12(13)9-17-8-11(2)14(19)16-15(17)20;1-2-4-5-3-1;/h8,10,12-13,18H,3-7,9H2,1-2H3,(H,16,19,20);1-5H2;/t10-,12?,13?;;/m0../s1. The molecule has 3 rings (SSSR count). The molecule has 1 aromatic rings. The van der Waals surface area contributed by atoms with Crippen molar-refractivity contribution in [2.75, 3.05) is 6.61 Å². The van der Waals surface area contributed by atoms with Gasteiger partial charge in [0.1, 0.15) is 0 Å². The molecule has 2 unspecified atom stereocenters. The van der Waals surface area contributed by atoms with Gasteiger partial charge >= 0.3 is 5.69 Å². The van der Waals surface area contributed by atoms with E-state index < -0.39 is 0 Å². The quantitative estimate of drug-likeness (QED) is 0.738. The summed E-state index contributed by atoms with van der Waals surface area (Å²) in [5, 5.41) is 9.09. The van der Waals surface area contributed by atoms with E-state index >= 15 is 0 Å². The van der Waals surface area contributed by atoms with Crippen LogP contribution in [0.2, 0.25) is 0 Å². The maximum atomic E-state index is 11.8. The molecule has 2 saturated carbocycles. The summed E-state index contributed by atoms with van der Waals surface area (Å²) >= 11 is 0. The van der Waals surface area contributed by atoms with E-state index in [2.05, 4.69) is 11.9 Å². The van der Waals surface area contributed by atoms with Crippen LogP contribution in [0.4, 0.5) is 0 Å². The summed E-state index contributed by atoms with van der Waals surface area (Å²) in [6, 6.07) is 0. The summed E-state index contributed by atoms with van der Waals surface area (Å²) in [7, 11) is 0. The Morgan fingerprint density at radius 3 is 2.35 bits per heavy atom. The molecule has 3 atom stereocenters. The molecule has 0 amide bonds. The minimum absolute atomic E-state index is 0. The van der Waals surface area contributed by atoms with Crippen LogP contribution in [0.1, 0.15) is 70.3 Å². The number of aryl methyl sites for hydroxylation is 1. The van der Waals surface area contributed by atoms with Crippen LogP contribution in [0.15, 0.2) is 15.8 Å². The van der Waals surface area contributed by atoms with Crippen molar-refractivity contribution >= 4 is 0 Å². The summed E-state index contributed by atoms with van der Waals surface area (Å²) in [6.45, 7) is 4.79. The van der Waals surface area contributed by atoms with Gasteiger partial charge in [0, 0.05) is 42.0 Å². The number of aliphatic hydroxyl groups is 1. The second-order valence-corrected chi connectivity index (χ2v) is 7.84. The SMILES string of the molecule is C1CCCC1.Cc1cn(CC2CCCC2[C@@H](C)CCO)c(=O)[nH]c1=O.[Fe]. The van der Waals surface area contributed by atoms with Gasteiger partial charge in [-0.15, -0.1) is 0 Å². The Morgan fingerprint density at radius 2 is 1.77 bits per heavy atom. The van der Waals surface area contributed by atoms with Crippen LogP contribution < -0.4 is 11.2 Å². The van der Waals surface area contributed by atoms with Crippen LogP contribution in [0.3, 0.4) is 0 Å². The molecule has 2 aliphatic rings. The van der Waals surface area contributed by atoms with Gasteiger partial charge in [0.15, 0.2) is 0 Å². The van der Waals surface area contributed by atoms with Crippen molar-refractivity contribution < 1.29 is 22.2 Å². The number of hydrogen-bond acceptors (Lipinski definition) is 3. The second kappa shape index (κ2) is 11.8. The smallest absolute Gasteiger partial charge is 0.328 e. The molecule has 0 spiro atoms. The summed E-state index contributed by atoms with van der Waals surface area (Å²) in [6.07, 6.45) is 13.4. The Kier molecular flexibility index (Phi) is 10.5. The van der Waals surface area contributed by atoms with Gasteiger partial charge in [-0.3, -0.25) is 9.78 Å². The Balaban J connectivity index is 0.000000486. The fraction of sp³-hybridized carbons (Fsp3) is 0.800. The van der Waals surface area contributed by atoms with E-state index in [1.807, 2.05) is 0 Å². The third kappa shape index (κ3) is 6.71. The Labute approximate surface area is 167 Å². The molecule has 1 heterocycles. The predicted molar refractivity (Wildman–Crippen MR) is 101 cm³/mol. The maximum Gasteiger partial charge on any atom is 0.328 e. The van der Waals surface area contributed by atoms with Gasteiger partial charge in [-0.05, 0) is 43.9 Å². The minimum atomic E-state index is -0.318. The third-order valence-electron chi connectivity index (χ3n) is 5.90. The number of nitrogens with one attached hydrogen (secondary N) is 1. The van der Waals surface area contributed by atoms with Gasteiger partial charge in [0.05, 0.1) is 0 Å². The minimum Gasteiger partial charge on any atom is -0.396 e. The molecule has 2 fully saturated rings. The molecule has 6 heteroatoms. The maximum absolute atomic E-state index is 11.8. The topological polar surface area (TPSA) is 75.1 Å². The molecular weight excluding hydrogens is 372 g/mol. The largest absolute Gasteiger partial charge is 0.396 e. The van der Waals surface area contributed by atoms with Gasteiger partial charge in [-0.1, -0.05) is 45.4 Å². The summed E-state index contributed by atoms with van der Waals surface area (Å²) in [5.41, 5.74) is -0.0496. The van der Waals surface area contributed by atoms with Gasteiger partial charge in [-0.25, -0.2) is 4.79 Å². The monoisotopic (exact) mass is 406 g/mol. The van der Waals surface area contributed by atoms with E-state index in [-0.39, 0.29) is 34.9 Å². The van der Waals surface area contributed by atoms with E-state index in [1.165, 1.54) is 44.9 Å². The van der Waals surface area contributed by atoms with Crippen molar-refractivity contribution in [1.82, 2.24) is 9.55 Å². The molecule has 0 aliphatic heterocycles. The van der Waals surface area contributed by atoms with Crippen LogP contribution in [0.25, 0.3) is 0 Å². The van der Waals surface area contributed by atoms with Crippen molar-refractivity contribution in [2.24, 2.45) is 17.8 Å². The van der Waals surface area contributed by atoms with Crippen molar-refractivity contribution in [3.05, 3.63) is 32.6 Å². The first-order chi connectivity index (χ1) is 12.0. The molecule has 0 bridgehead atoms. The van der Waals surface area contributed by atoms with E-state index in [1.54, 1.807) is 17.7 Å². The molecule has 5 nitrogen and oxygen atoms in total. The van der Waals surface area contributed by atoms with Gasteiger partial charge < -0.3 is 9.67 Å². The van der Waals surface area contributed by atoms with Gasteiger partial charge in [0.25, 0.3) is 5.56 Å². The van der Waals surface area contributed by atoms with Crippen LogP contribution >= 0.6 is 0 Å². The average molecular weight is 406 g/mol. The fourth-order valence-electron chi connectivity index (χ4n) is 4.35. The molecule has 2 N–H and O–H groups in total. The number of aromatic amines is 1. The molecular formula is C20H34FeN2O3. The number of nitrogens with zero attached hydrogens (tertiary/aromatic N) is 1. The van der Waals surface area contributed by atoms with Crippen LogP contribution in [-0.4, -0.2) is 21.3 Å². The number of aliphatic hydroxyl groups excluding tert-OH is 1. The zero-order chi connectivity index (χ0) is 18.2. The van der Waals surface area contributed by atoms with Crippen molar-refractivity contribution in [3.63, 3.8) is 0 Å².